The molecule has 0 aliphatic heterocycles. The van der Waals surface area contributed by atoms with E-state index < -0.39 is 22.2 Å². The lowest BCUT2D eigenvalue weighted by Crippen LogP contribution is -2.20. The normalized spacial score (nSPS) is 11.6. The second-order valence-corrected chi connectivity index (χ2v) is 9.25. The predicted molar refractivity (Wildman–Crippen MR) is 154 cm³/mol. The first-order chi connectivity index (χ1) is 20.6. The highest BCUT2D eigenvalue weighted by Gasteiger charge is 2.31. The van der Waals surface area contributed by atoms with Gasteiger partial charge in [0.05, 0.1) is 34.2 Å². The van der Waals surface area contributed by atoms with E-state index in [2.05, 4.69) is 10.1 Å². The maximum Gasteiger partial charge on any atom is 0.416 e. The molecule has 5 aromatic rings. The van der Waals surface area contributed by atoms with Crippen LogP contribution in [0.4, 0.5) is 18.9 Å². The molecule has 0 atom stereocenters. The molecule has 5 rings (SSSR count). The number of fused-ring (bicyclic) bond motifs is 1. The number of hydrogen-bond acceptors (Lipinski definition) is 7. The maximum absolute atomic E-state index is 13.5. The van der Waals surface area contributed by atoms with Crippen molar-refractivity contribution in [3.63, 3.8) is 0 Å². The lowest BCUT2D eigenvalue weighted by Gasteiger charge is -2.13. The van der Waals surface area contributed by atoms with Gasteiger partial charge in [0, 0.05) is 17.7 Å². The summed E-state index contributed by atoms with van der Waals surface area (Å²) in [7, 11) is 0. The van der Waals surface area contributed by atoms with E-state index in [1.54, 1.807) is 61.5 Å². The average molecular weight is 589 g/mol. The molecule has 43 heavy (non-hydrogen) atoms. The smallest absolute Gasteiger partial charge is 0.416 e. The lowest BCUT2D eigenvalue weighted by molar-refractivity contribution is -0.384. The number of aromatic nitrogens is 2. The van der Waals surface area contributed by atoms with E-state index in [9.17, 15) is 28.1 Å². The highest BCUT2D eigenvalue weighted by atomic mass is 19.4. The summed E-state index contributed by atoms with van der Waals surface area (Å²) in [4.78, 5) is 28.5. The molecule has 0 aliphatic carbocycles. The van der Waals surface area contributed by atoms with E-state index in [4.69, 9.17) is 9.47 Å². The molecule has 1 aromatic heterocycles. The van der Waals surface area contributed by atoms with Crippen LogP contribution in [0.5, 0.6) is 11.5 Å². The van der Waals surface area contributed by atoms with Crippen LogP contribution in [0.15, 0.2) is 101 Å². The molecular formula is C31H23F3N4O5. The van der Waals surface area contributed by atoms with Gasteiger partial charge in [-0.2, -0.15) is 22.9 Å². The molecule has 0 bridgehead atoms. The third-order valence-electron chi connectivity index (χ3n) is 6.31. The van der Waals surface area contributed by atoms with E-state index in [1.165, 1.54) is 30.5 Å². The quantitative estimate of drug-likeness (QED) is 0.106. The molecule has 0 N–H and O–H groups in total. The Hall–Kier alpha value is -5.52. The third kappa shape index (κ3) is 6.53. The summed E-state index contributed by atoms with van der Waals surface area (Å²) in [6.45, 7) is 2.14. The van der Waals surface area contributed by atoms with Crippen LogP contribution in [0.25, 0.3) is 22.3 Å². The van der Waals surface area contributed by atoms with Crippen LogP contribution >= 0.6 is 0 Å². The fraction of sp³-hybridized carbons (Fsp3) is 0.129. The summed E-state index contributed by atoms with van der Waals surface area (Å²) in [6, 6.07) is 22.0. The van der Waals surface area contributed by atoms with Gasteiger partial charge in [0.15, 0.2) is 17.3 Å². The molecule has 12 heteroatoms. The van der Waals surface area contributed by atoms with Crippen LogP contribution in [0.3, 0.4) is 0 Å². The van der Waals surface area contributed by atoms with Gasteiger partial charge in [0.25, 0.3) is 11.2 Å². The standard InChI is InChI=1S/C31H23F3N4O5/c1-2-42-28-16-20(13-14-27(28)43-19-21-7-5-10-24(15-21)38(40)41)18-35-37-29(22-8-6-9-23(17-22)31(32,33)34)36-26-12-4-3-11-25(26)30(37)39/h3-18H,2,19H2,1H3. The zero-order chi connectivity index (χ0) is 30.6. The summed E-state index contributed by atoms with van der Waals surface area (Å²) in [6.07, 6.45) is -3.22. The molecule has 0 spiro atoms. The molecule has 0 saturated heterocycles. The van der Waals surface area contributed by atoms with Gasteiger partial charge in [-0.1, -0.05) is 36.4 Å². The van der Waals surface area contributed by atoms with Gasteiger partial charge < -0.3 is 9.47 Å². The molecular weight excluding hydrogens is 565 g/mol. The monoisotopic (exact) mass is 588 g/mol. The molecule has 4 aromatic carbocycles. The van der Waals surface area contributed by atoms with Crippen molar-refractivity contribution < 1.29 is 27.6 Å². The third-order valence-corrected chi connectivity index (χ3v) is 6.31. The van der Waals surface area contributed by atoms with Crippen LogP contribution in [0, 0.1) is 10.1 Å². The summed E-state index contributed by atoms with van der Waals surface area (Å²) >= 11 is 0. The summed E-state index contributed by atoms with van der Waals surface area (Å²) in [5, 5.41) is 15.6. The van der Waals surface area contributed by atoms with Gasteiger partial charge in [-0.05, 0) is 60.5 Å². The van der Waals surface area contributed by atoms with Crippen molar-refractivity contribution >= 4 is 22.8 Å². The zero-order valence-electron chi connectivity index (χ0n) is 22.6. The van der Waals surface area contributed by atoms with Crippen LogP contribution in [0.2, 0.25) is 0 Å². The Morgan fingerprint density at radius 3 is 2.51 bits per heavy atom. The van der Waals surface area contributed by atoms with Crippen molar-refractivity contribution in [3.8, 4) is 22.9 Å². The molecule has 0 radical (unpaired) electrons. The predicted octanol–water partition coefficient (Wildman–Crippen LogP) is 6.85. The van der Waals surface area contributed by atoms with E-state index in [-0.39, 0.29) is 29.1 Å². The van der Waals surface area contributed by atoms with Crippen LogP contribution in [-0.4, -0.2) is 27.4 Å². The minimum absolute atomic E-state index is 0.0493. The van der Waals surface area contributed by atoms with Gasteiger partial charge in [-0.15, -0.1) is 0 Å². The van der Waals surface area contributed by atoms with Crippen molar-refractivity contribution in [2.24, 2.45) is 5.10 Å². The van der Waals surface area contributed by atoms with Crippen molar-refractivity contribution in [1.82, 2.24) is 9.66 Å². The first-order valence-corrected chi connectivity index (χ1v) is 13.0. The average Bonchev–Trinajstić information content (AvgIpc) is 3.00. The number of ether oxygens (including phenoxy) is 2. The van der Waals surface area contributed by atoms with Gasteiger partial charge >= 0.3 is 6.18 Å². The summed E-state index contributed by atoms with van der Waals surface area (Å²) < 4.78 is 52.9. The minimum Gasteiger partial charge on any atom is -0.490 e. The SMILES string of the molecule is CCOc1cc(C=Nn2c(-c3cccc(C(F)(F)F)c3)nc3ccccc3c2=O)ccc1OCc1cccc([N+](=O)[O-])c1. The van der Waals surface area contributed by atoms with E-state index in [0.717, 1.165) is 16.8 Å². The Labute approximate surface area is 242 Å². The zero-order valence-corrected chi connectivity index (χ0v) is 22.6. The first-order valence-electron chi connectivity index (χ1n) is 13.0. The number of nitro groups is 1. The molecule has 9 nitrogen and oxygen atoms in total. The highest BCUT2D eigenvalue weighted by Crippen LogP contribution is 2.32. The summed E-state index contributed by atoms with van der Waals surface area (Å²) in [5.74, 6) is 0.673. The largest absolute Gasteiger partial charge is 0.490 e. The number of rotatable bonds is 9. The van der Waals surface area contributed by atoms with Crippen molar-refractivity contribution in [3.05, 3.63) is 128 Å². The Balaban J connectivity index is 1.50. The number of nitro benzene ring substituents is 1. The molecule has 0 saturated carbocycles. The van der Waals surface area contributed by atoms with Gasteiger partial charge in [0.2, 0.25) is 0 Å². The molecule has 1 heterocycles. The topological polar surface area (TPSA) is 109 Å². The van der Waals surface area contributed by atoms with Crippen molar-refractivity contribution in [1.29, 1.82) is 0 Å². The van der Waals surface area contributed by atoms with Crippen LogP contribution in [-0.2, 0) is 12.8 Å². The van der Waals surface area contributed by atoms with Crippen molar-refractivity contribution in [2.75, 3.05) is 6.61 Å². The first kappa shape index (κ1) is 29.0. The molecule has 0 fully saturated rings. The number of benzene rings is 4. The number of para-hydroxylation sites is 1. The Bertz CT molecular complexity index is 1900. The molecule has 0 aliphatic rings. The van der Waals surface area contributed by atoms with E-state index >= 15 is 0 Å². The summed E-state index contributed by atoms with van der Waals surface area (Å²) in [5.41, 5.74) is -0.0273. The molecule has 218 valence electrons. The number of alkyl halides is 3. The number of halogens is 3. The van der Waals surface area contributed by atoms with Crippen LogP contribution in [0.1, 0.15) is 23.6 Å². The Morgan fingerprint density at radius 1 is 0.953 bits per heavy atom. The fourth-order valence-electron chi connectivity index (χ4n) is 4.29. The van der Waals surface area contributed by atoms with E-state index in [0.29, 0.717) is 34.7 Å². The Morgan fingerprint density at radius 2 is 1.74 bits per heavy atom. The van der Waals surface area contributed by atoms with Gasteiger partial charge in [0.1, 0.15) is 6.61 Å². The Kier molecular flexibility index (Phi) is 8.19. The maximum atomic E-state index is 13.5. The van der Waals surface area contributed by atoms with Gasteiger partial charge in [-0.25, -0.2) is 4.98 Å². The minimum atomic E-state index is -4.59. The van der Waals surface area contributed by atoms with Crippen LogP contribution < -0.4 is 15.0 Å². The second-order valence-electron chi connectivity index (χ2n) is 9.25. The second kappa shape index (κ2) is 12.1. The molecule has 0 unspecified atom stereocenters. The highest BCUT2D eigenvalue weighted by molar-refractivity contribution is 5.82. The number of hydrogen-bond donors (Lipinski definition) is 0. The number of nitrogens with zero attached hydrogens (tertiary/aromatic N) is 4. The molecule has 0 amide bonds. The number of non-ortho nitro benzene ring substituents is 1. The fourth-order valence-corrected chi connectivity index (χ4v) is 4.29. The van der Waals surface area contributed by atoms with E-state index in [1.807, 2.05) is 0 Å². The van der Waals surface area contributed by atoms with Gasteiger partial charge in [-0.3, -0.25) is 14.9 Å². The van der Waals surface area contributed by atoms with Crippen molar-refractivity contribution in [2.45, 2.75) is 19.7 Å². The lowest BCUT2D eigenvalue weighted by atomic mass is 10.1.